The van der Waals surface area contributed by atoms with Crippen molar-refractivity contribution >= 4 is 11.8 Å². The maximum Gasteiger partial charge on any atom is 0.446 e. The van der Waals surface area contributed by atoms with Crippen molar-refractivity contribution in [3.05, 3.63) is 56.9 Å². The van der Waals surface area contributed by atoms with Gasteiger partial charge in [-0.2, -0.15) is 26.3 Å². The van der Waals surface area contributed by atoms with Crippen LogP contribution in [-0.2, 0) is 6.18 Å². The van der Waals surface area contributed by atoms with E-state index in [4.69, 9.17) is 0 Å². The smallest absolute Gasteiger partial charge is 0.303 e. The van der Waals surface area contributed by atoms with Crippen LogP contribution in [0.25, 0.3) is 5.69 Å². The van der Waals surface area contributed by atoms with Crippen molar-refractivity contribution in [1.82, 2.24) is 9.55 Å². The maximum atomic E-state index is 12.5. The number of alkyl halides is 6. The van der Waals surface area contributed by atoms with Gasteiger partial charge in [0.2, 0.25) is 0 Å². The topological polar surface area (TPSA) is 54.9 Å². The van der Waals surface area contributed by atoms with Crippen LogP contribution < -0.4 is 11.2 Å². The fourth-order valence-corrected chi connectivity index (χ4v) is 2.23. The van der Waals surface area contributed by atoms with Crippen LogP contribution in [0.3, 0.4) is 0 Å². The minimum absolute atomic E-state index is 0.156. The van der Waals surface area contributed by atoms with E-state index in [0.29, 0.717) is 4.57 Å². The molecule has 0 aliphatic carbocycles. The van der Waals surface area contributed by atoms with Gasteiger partial charge in [-0.25, -0.2) is 9.36 Å². The van der Waals surface area contributed by atoms with E-state index in [0.717, 1.165) is 24.3 Å². The number of H-pyrrole nitrogens is 1. The molecule has 0 saturated carbocycles. The molecule has 0 bridgehead atoms. The first-order valence-corrected chi connectivity index (χ1v) is 6.59. The Morgan fingerprint density at radius 1 is 0.957 bits per heavy atom. The minimum Gasteiger partial charge on any atom is -0.303 e. The van der Waals surface area contributed by atoms with Gasteiger partial charge in [0.1, 0.15) is 5.69 Å². The molecular weight excluding hydrogens is 350 g/mol. The molecule has 0 spiro atoms. The SMILES string of the molecule is O=c1cc(C(F)(F)F)[nH]c(=O)n1-c1ccc(SC(F)(F)F)cc1. The summed E-state index contributed by atoms with van der Waals surface area (Å²) in [6.07, 6.45) is -4.90. The highest BCUT2D eigenvalue weighted by molar-refractivity contribution is 8.00. The van der Waals surface area contributed by atoms with Crippen molar-refractivity contribution in [1.29, 1.82) is 0 Å². The van der Waals surface area contributed by atoms with E-state index >= 15 is 0 Å². The fourth-order valence-electron chi connectivity index (χ4n) is 1.69. The van der Waals surface area contributed by atoms with Gasteiger partial charge in [0.05, 0.1) is 5.69 Å². The van der Waals surface area contributed by atoms with Crippen LogP contribution in [0.15, 0.2) is 44.8 Å². The zero-order valence-corrected chi connectivity index (χ0v) is 11.6. The van der Waals surface area contributed by atoms with Gasteiger partial charge in [0.25, 0.3) is 5.56 Å². The van der Waals surface area contributed by atoms with Gasteiger partial charge in [0.15, 0.2) is 0 Å². The molecule has 0 radical (unpaired) electrons. The third-order valence-electron chi connectivity index (χ3n) is 2.57. The van der Waals surface area contributed by atoms with Crippen LogP contribution in [-0.4, -0.2) is 15.1 Å². The Balaban J connectivity index is 2.44. The predicted octanol–water partition coefficient (Wildman–Crippen LogP) is 3.16. The van der Waals surface area contributed by atoms with Gasteiger partial charge in [-0.15, -0.1) is 0 Å². The van der Waals surface area contributed by atoms with Gasteiger partial charge in [-0.1, -0.05) is 0 Å². The Morgan fingerprint density at radius 2 is 1.52 bits per heavy atom. The van der Waals surface area contributed by atoms with Crippen LogP contribution in [0.4, 0.5) is 26.3 Å². The Kier molecular flexibility index (Phi) is 4.33. The molecular formula is C12H6F6N2O2S. The standard InChI is InChI=1S/C12H6F6N2O2S/c13-11(14,15)8-5-9(21)20(10(22)19-8)6-1-3-7(4-2-6)23-12(16,17)18/h1-5H,(H,19,22). The molecule has 124 valence electrons. The highest BCUT2D eigenvalue weighted by atomic mass is 32.2. The number of thioether (sulfide) groups is 1. The molecule has 1 aromatic carbocycles. The summed E-state index contributed by atoms with van der Waals surface area (Å²) in [5.41, 5.74) is -8.77. The van der Waals surface area contributed by atoms with Gasteiger partial charge in [0, 0.05) is 11.0 Å². The third kappa shape index (κ3) is 4.18. The highest BCUT2D eigenvalue weighted by Gasteiger charge is 2.33. The molecule has 1 heterocycles. The molecule has 0 saturated heterocycles. The lowest BCUT2D eigenvalue weighted by Gasteiger charge is -2.10. The lowest BCUT2D eigenvalue weighted by molar-refractivity contribution is -0.141. The van der Waals surface area contributed by atoms with Crippen molar-refractivity contribution in [3.8, 4) is 5.69 Å². The Bertz CT molecular complexity index is 788. The average Bonchev–Trinajstić information content (AvgIpc) is 2.37. The highest BCUT2D eigenvalue weighted by Crippen LogP contribution is 2.36. The molecule has 4 nitrogen and oxygen atoms in total. The zero-order chi connectivity index (χ0) is 17.4. The Hall–Kier alpha value is -2.17. The molecule has 1 N–H and O–H groups in total. The van der Waals surface area contributed by atoms with Crippen molar-refractivity contribution in [2.75, 3.05) is 0 Å². The first-order chi connectivity index (χ1) is 10.5. The third-order valence-corrected chi connectivity index (χ3v) is 3.31. The fraction of sp³-hybridized carbons (Fsp3) is 0.167. The molecule has 0 fully saturated rings. The van der Waals surface area contributed by atoms with Gasteiger partial charge >= 0.3 is 17.4 Å². The average molecular weight is 356 g/mol. The summed E-state index contributed by atoms with van der Waals surface area (Å²) >= 11 is -0.403. The van der Waals surface area contributed by atoms with Crippen molar-refractivity contribution in [2.45, 2.75) is 16.6 Å². The molecule has 2 aromatic rings. The van der Waals surface area contributed by atoms with Gasteiger partial charge in [-0.3, -0.25) is 4.79 Å². The molecule has 0 amide bonds. The quantitative estimate of drug-likeness (QED) is 0.664. The summed E-state index contributed by atoms with van der Waals surface area (Å²) in [7, 11) is 0. The number of hydrogen-bond acceptors (Lipinski definition) is 3. The van der Waals surface area contributed by atoms with Crippen molar-refractivity contribution < 1.29 is 26.3 Å². The lowest BCUT2D eigenvalue weighted by Crippen LogP contribution is -2.35. The number of hydrogen-bond donors (Lipinski definition) is 1. The number of rotatable bonds is 2. The van der Waals surface area contributed by atoms with E-state index in [1.54, 1.807) is 0 Å². The number of halogens is 6. The molecule has 23 heavy (non-hydrogen) atoms. The maximum absolute atomic E-state index is 12.5. The number of aromatic amines is 1. The van der Waals surface area contributed by atoms with Crippen LogP contribution in [0.2, 0.25) is 0 Å². The van der Waals surface area contributed by atoms with E-state index < -0.39 is 40.4 Å². The second-order valence-electron chi connectivity index (χ2n) is 4.20. The zero-order valence-electron chi connectivity index (χ0n) is 10.8. The summed E-state index contributed by atoms with van der Waals surface area (Å²) in [4.78, 5) is 24.6. The van der Waals surface area contributed by atoms with E-state index in [2.05, 4.69) is 0 Å². The molecule has 0 atom stereocenters. The second kappa shape index (κ2) is 5.80. The molecule has 11 heteroatoms. The molecule has 0 unspecified atom stereocenters. The summed E-state index contributed by atoms with van der Waals surface area (Å²) in [6.45, 7) is 0. The second-order valence-corrected chi connectivity index (χ2v) is 5.34. The van der Waals surface area contributed by atoms with E-state index in [1.807, 2.05) is 0 Å². The largest absolute Gasteiger partial charge is 0.446 e. The summed E-state index contributed by atoms with van der Waals surface area (Å²) in [5.74, 6) is 0. The minimum atomic E-state index is -4.90. The van der Waals surface area contributed by atoms with Gasteiger partial charge < -0.3 is 4.98 Å². The van der Waals surface area contributed by atoms with E-state index in [-0.39, 0.29) is 16.6 Å². The van der Waals surface area contributed by atoms with E-state index in [1.165, 1.54) is 4.98 Å². The molecule has 1 aromatic heterocycles. The van der Waals surface area contributed by atoms with Gasteiger partial charge in [-0.05, 0) is 36.0 Å². The Labute approximate surface area is 127 Å². The Morgan fingerprint density at radius 3 is 1.96 bits per heavy atom. The lowest BCUT2D eigenvalue weighted by atomic mass is 10.3. The van der Waals surface area contributed by atoms with Crippen molar-refractivity contribution in [2.24, 2.45) is 0 Å². The van der Waals surface area contributed by atoms with Crippen LogP contribution in [0.1, 0.15) is 5.69 Å². The number of nitrogens with zero attached hydrogens (tertiary/aromatic N) is 1. The molecule has 0 aliphatic heterocycles. The monoisotopic (exact) mass is 356 g/mol. The van der Waals surface area contributed by atoms with Crippen LogP contribution in [0.5, 0.6) is 0 Å². The number of aromatic nitrogens is 2. The predicted molar refractivity (Wildman–Crippen MR) is 69.6 cm³/mol. The van der Waals surface area contributed by atoms with Crippen LogP contribution >= 0.6 is 11.8 Å². The van der Waals surface area contributed by atoms with E-state index in [9.17, 15) is 35.9 Å². The first-order valence-electron chi connectivity index (χ1n) is 5.77. The van der Waals surface area contributed by atoms with Crippen molar-refractivity contribution in [3.63, 3.8) is 0 Å². The number of benzene rings is 1. The summed E-state index contributed by atoms with van der Waals surface area (Å²) in [5, 5.41) is 0. The number of nitrogens with one attached hydrogen (secondary N) is 1. The first kappa shape index (κ1) is 17.2. The normalized spacial score (nSPS) is 12.4. The summed E-state index contributed by atoms with van der Waals surface area (Å²) in [6, 6.07) is 4.24. The van der Waals surface area contributed by atoms with Crippen LogP contribution in [0, 0.1) is 0 Å². The molecule has 2 rings (SSSR count). The molecule has 0 aliphatic rings. The summed E-state index contributed by atoms with van der Waals surface area (Å²) < 4.78 is 74.4.